The van der Waals surface area contributed by atoms with Gasteiger partial charge in [-0.2, -0.15) is 4.98 Å². The van der Waals surface area contributed by atoms with Crippen LogP contribution in [0.25, 0.3) is 11.3 Å². The van der Waals surface area contributed by atoms with Gasteiger partial charge in [0.05, 0.1) is 35.6 Å². The van der Waals surface area contributed by atoms with Crippen molar-refractivity contribution in [1.82, 2.24) is 15.1 Å². The molecule has 0 bridgehead atoms. The van der Waals surface area contributed by atoms with Gasteiger partial charge in [-0.3, -0.25) is 4.79 Å². The van der Waals surface area contributed by atoms with Gasteiger partial charge in [-0.25, -0.2) is 9.98 Å². The van der Waals surface area contributed by atoms with Crippen LogP contribution in [0, 0.1) is 25.2 Å². The molecule has 9 nitrogen and oxygen atoms in total. The molecule has 5 rings (SSSR count). The van der Waals surface area contributed by atoms with Gasteiger partial charge in [0, 0.05) is 24.9 Å². The monoisotopic (exact) mass is 451 g/mol. The molecule has 0 radical (unpaired) electrons. The van der Waals surface area contributed by atoms with Crippen molar-refractivity contribution < 1.29 is 19.2 Å². The van der Waals surface area contributed by atoms with Gasteiger partial charge in [-0.15, -0.1) is 0 Å². The molecule has 1 aliphatic heterocycles. The maximum atomic E-state index is 11.9. The smallest absolute Gasteiger partial charge is 0.310 e. The van der Waals surface area contributed by atoms with Crippen molar-refractivity contribution in [2.75, 3.05) is 31.2 Å². The van der Waals surface area contributed by atoms with E-state index in [4.69, 9.17) is 24.2 Å². The van der Waals surface area contributed by atoms with Crippen LogP contribution in [-0.2, 0) is 9.53 Å². The molecule has 174 valence electrons. The van der Waals surface area contributed by atoms with Crippen molar-refractivity contribution >= 4 is 23.4 Å². The number of ether oxygens (including phenoxy) is 1. The predicted octanol–water partition coefficient (Wildman–Crippen LogP) is 3.88. The average molecular weight is 452 g/mol. The third kappa shape index (κ3) is 4.06. The Morgan fingerprint density at radius 2 is 2.03 bits per heavy atom. The molecule has 1 N–H and O–H groups in total. The molecular formula is C24H29N5O4. The molecule has 2 fully saturated rings. The fourth-order valence-electron chi connectivity index (χ4n) is 5.10. The van der Waals surface area contributed by atoms with E-state index in [-0.39, 0.29) is 5.92 Å². The van der Waals surface area contributed by atoms with E-state index in [1.165, 1.54) is 0 Å². The molecule has 0 aromatic carbocycles. The zero-order chi connectivity index (χ0) is 23.0. The van der Waals surface area contributed by atoms with E-state index in [0.29, 0.717) is 31.3 Å². The summed E-state index contributed by atoms with van der Waals surface area (Å²) < 4.78 is 10.9. The van der Waals surface area contributed by atoms with Gasteiger partial charge in [-0.05, 0) is 51.5 Å². The Morgan fingerprint density at radius 3 is 2.61 bits per heavy atom. The first-order chi connectivity index (χ1) is 16.0. The van der Waals surface area contributed by atoms with Crippen LogP contribution in [0.15, 0.2) is 27.7 Å². The third-order valence-corrected chi connectivity index (χ3v) is 7.18. The molecule has 33 heavy (non-hydrogen) atoms. The number of hydrogen-bond acceptors (Lipinski definition) is 8. The normalized spacial score (nSPS) is 23.5. The summed E-state index contributed by atoms with van der Waals surface area (Å²) in [5.41, 5.74) is 2.65. The minimum absolute atomic E-state index is 0.0566. The van der Waals surface area contributed by atoms with Crippen molar-refractivity contribution in [1.29, 1.82) is 0 Å². The highest BCUT2D eigenvalue weighted by molar-refractivity contribution is 5.97. The Morgan fingerprint density at radius 1 is 1.24 bits per heavy atom. The fraction of sp³-hybridized carbons (Fsp3) is 0.542. The SMILES string of the molecule is Cc1noc(C)c1-c1cc(N2CCOCC2)nc(N=C2C=CC(C3(C(=O)O)CCC3)CC2)n1. The molecule has 2 aromatic rings. The van der Waals surface area contributed by atoms with Gasteiger partial charge in [0.25, 0.3) is 5.95 Å². The maximum absolute atomic E-state index is 11.9. The van der Waals surface area contributed by atoms with Gasteiger partial charge < -0.3 is 19.3 Å². The highest BCUT2D eigenvalue weighted by atomic mass is 16.5. The number of anilines is 1. The molecule has 9 heteroatoms. The van der Waals surface area contributed by atoms with E-state index in [2.05, 4.69) is 10.1 Å². The van der Waals surface area contributed by atoms with Crippen LogP contribution < -0.4 is 4.90 Å². The Bertz CT molecular complexity index is 1090. The number of carbonyl (C=O) groups is 1. The summed E-state index contributed by atoms with van der Waals surface area (Å²) >= 11 is 0. The first kappa shape index (κ1) is 21.8. The minimum atomic E-state index is -0.672. The van der Waals surface area contributed by atoms with E-state index in [1.807, 2.05) is 32.1 Å². The third-order valence-electron chi connectivity index (χ3n) is 7.18. The van der Waals surface area contributed by atoms with Crippen LogP contribution in [0.1, 0.15) is 43.6 Å². The molecule has 3 aliphatic rings. The van der Waals surface area contributed by atoms with Gasteiger partial charge in [0.15, 0.2) is 0 Å². The van der Waals surface area contributed by atoms with E-state index in [9.17, 15) is 9.90 Å². The van der Waals surface area contributed by atoms with E-state index in [1.54, 1.807) is 0 Å². The molecule has 1 saturated heterocycles. The van der Waals surface area contributed by atoms with Crippen LogP contribution >= 0.6 is 0 Å². The lowest BCUT2D eigenvalue weighted by Crippen LogP contribution is -2.44. The molecule has 1 saturated carbocycles. The van der Waals surface area contributed by atoms with Gasteiger partial charge in [0.1, 0.15) is 11.6 Å². The number of aryl methyl sites for hydroxylation is 2. The summed E-state index contributed by atoms with van der Waals surface area (Å²) in [5.74, 6) is 1.29. The molecule has 1 atom stereocenters. The van der Waals surface area contributed by atoms with E-state index in [0.717, 1.165) is 67.3 Å². The quantitative estimate of drug-likeness (QED) is 0.728. The van der Waals surface area contributed by atoms with Crippen LogP contribution in [0.5, 0.6) is 0 Å². The van der Waals surface area contributed by atoms with Crippen LogP contribution in [0.4, 0.5) is 11.8 Å². The molecule has 0 amide bonds. The van der Waals surface area contributed by atoms with E-state index < -0.39 is 11.4 Å². The van der Waals surface area contributed by atoms with Crippen LogP contribution in [0.3, 0.4) is 0 Å². The number of carboxylic acids is 1. The predicted molar refractivity (Wildman–Crippen MR) is 123 cm³/mol. The summed E-state index contributed by atoms with van der Waals surface area (Å²) in [6.45, 7) is 6.60. The molecule has 2 aromatic heterocycles. The molecule has 3 heterocycles. The summed E-state index contributed by atoms with van der Waals surface area (Å²) in [5, 5.41) is 13.8. The number of nitrogens with zero attached hydrogens (tertiary/aromatic N) is 5. The van der Waals surface area contributed by atoms with Crippen molar-refractivity contribution in [2.45, 2.75) is 46.0 Å². The number of hydrogen-bond donors (Lipinski definition) is 1. The zero-order valence-corrected chi connectivity index (χ0v) is 19.1. The van der Waals surface area contributed by atoms with Crippen LogP contribution in [0.2, 0.25) is 0 Å². The largest absolute Gasteiger partial charge is 0.481 e. The maximum Gasteiger partial charge on any atom is 0.310 e. The zero-order valence-electron chi connectivity index (χ0n) is 19.1. The lowest BCUT2D eigenvalue weighted by Gasteiger charge is -2.44. The van der Waals surface area contributed by atoms with Crippen molar-refractivity contribution in [3.63, 3.8) is 0 Å². The van der Waals surface area contributed by atoms with Crippen LogP contribution in [-0.4, -0.2) is 58.2 Å². The topological polar surface area (TPSA) is 114 Å². The number of allylic oxidation sites excluding steroid dienone is 2. The van der Waals surface area contributed by atoms with Crippen molar-refractivity contribution in [2.24, 2.45) is 16.3 Å². The summed E-state index contributed by atoms with van der Waals surface area (Å²) in [6.07, 6.45) is 7.98. The summed E-state index contributed by atoms with van der Waals surface area (Å²) in [4.78, 5) is 28.3. The Balaban J connectivity index is 1.47. The second kappa shape index (κ2) is 8.70. The standard InChI is InChI=1S/C24H29N5O4/c1-15-21(16(2)33-28-15)19-14-20(29-10-12-32-13-11-29)27-23(26-19)25-18-6-4-17(5-7-18)24(22(30)31)8-3-9-24/h4,6,14,17H,3,5,7-13H2,1-2H3,(H,30,31). The summed E-state index contributed by atoms with van der Waals surface area (Å²) in [7, 11) is 0. The first-order valence-electron chi connectivity index (χ1n) is 11.6. The number of aliphatic carboxylic acids is 1. The molecule has 2 aliphatic carbocycles. The minimum Gasteiger partial charge on any atom is -0.481 e. The molecule has 0 spiro atoms. The second-order valence-electron chi connectivity index (χ2n) is 9.13. The fourth-order valence-corrected chi connectivity index (χ4v) is 5.10. The number of aromatic nitrogens is 3. The van der Waals surface area contributed by atoms with E-state index >= 15 is 0 Å². The number of rotatable bonds is 5. The van der Waals surface area contributed by atoms with Crippen molar-refractivity contribution in [3.8, 4) is 11.3 Å². The van der Waals surface area contributed by atoms with Gasteiger partial charge in [0.2, 0.25) is 0 Å². The first-order valence-corrected chi connectivity index (χ1v) is 11.6. The molecule has 1 unspecified atom stereocenters. The highest BCUT2D eigenvalue weighted by Crippen LogP contribution is 2.50. The molecular weight excluding hydrogens is 422 g/mol. The highest BCUT2D eigenvalue weighted by Gasteiger charge is 2.49. The second-order valence-corrected chi connectivity index (χ2v) is 9.13. The lowest BCUT2D eigenvalue weighted by molar-refractivity contribution is -0.158. The Hall–Kier alpha value is -3.07. The van der Waals surface area contributed by atoms with Crippen molar-refractivity contribution in [3.05, 3.63) is 29.7 Å². The Kier molecular flexibility index (Phi) is 5.74. The number of carboxylic acid groups (broad SMARTS) is 1. The Labute approximate surface area is 192 Å². The lowest BCUT2D eigenvalue weighted by atomic mass is 9.59. The summed E-state index contributed by atoms with van der Waals surface area (Å²) in [6, 6.07) is 1.96. The number of aliphatic imine (C=N–C) groups is 1. The van der Waals surface area contributed by atoms with Gasteiger partial charge in [-0.1, -0.05) is 17.7 Å². The van der Waals surface area contributed by atoms with Gasteiger partial charge >= 0.3 is 5.97 Å². The average Bonchev–Trinajstić information content (AvgIpc) is 3.12. The number of morpholine rings is 1.